The molecule has 2 aromatic carbocycles. The Morgan fingerprint density at radius 3 is 2.43 bits per heavy atom. The molecule has 3 rings (SSSR count). The number of rotatable bonds is 6. The van der Waals surface area contributed by atoms with Gasteiger partial charge in [-0.25, -0.2) is 0 Å². The highest BCUT2D eigenvalue weighted by atomic mass is 35.5. The van der Waals surface area contributed by atoms with Gasteiger partial charge in [0.15, 0.2) is 5.75 Å². The normalized spacial score (nSPS) is 10.8. The number of halogens is 2. The lowest BCUT2D eigenvalue weighted by Gasteiger charge is -2.13. The van der Waals surface area contributed by atoms with Crippen molar-refractivity contribution in [2.24, 2.45) is 7.05 Å². The summed E-state index contributed by atoms with van der Waals surface area (Å²) in [6.07, 6.45) is 1.37. The Labute approximate surface area is 184 Å². The van der Waals surface area contributed by atoms with Crippen LogP contribution in [-0.4, -0.2) is 22.1 Å². The number of nitrogens with zero attached hydrogens (tertiary/aromatic N) is 1. The Morgan fingerprint density at radius 1 is 1.07 bits per heavy atom. The lowest BCUT2D eigenvalue weighted by molar-refractivity contribution is 0.0950. The van der Waals surface area contributed by atoms with E-state index in [2.05, 4.69) is 5.32 Å². The summed E-state index contributed by atoms with van der Waals surface area (Å²) in [5.74, 6) is -1.05. The average molecular weight is 445 g/mol. The molecule has 0 aliphatic carbocycles. The van der Waals surface area contributed by atoms with Gasteiger partial charge in [0.1, 0.15) is 0 Å². The van der Waals surface area contributed by atoms with Crippen LogP contribution in [0.2, 0.25) is 10.0 Å². The van der Waals surface area contributed by atoms with Gasteiger partial charge in [-0.1, -0.05) is 59.1 Å². The van der Waals surface area contributed by atoms with Crippen LogP contribution in [0.15, 0.2) is 53.3 Å². The number of hydrogen-bond acceptors (Lipinski definition) is 3. The SMILES string of the molecule is Cc1ccc(-c2cc(C(=O)NCCCc3ccc(Cl)c(Cl)c3)c(O)c(=O)n2C)cc1. The van der Waals surface area contributed by atoms with E-state index in [-0.39, 0.29) is 5.56 Å². The van der Waals surface area contributed by atoms with Crippen molar-refractivity contribution in [3.63, 3.8) is 0 Å². The second kappa shape index (κ2) is 9.37. The maximum absolute atomic E-state index is 12.6. The van der Waals surface area contributed by atoms with Gasteiger partial charge in [-0.2, -0.15) is 0 Å². The molecule has 0 bridgehead atoms. The molecular weight excluding hydrogens is 423 g/mol. The Bertz CT molecular complexity index is 1140. The summed E-state index contributed by atoms with van der Waals surface area (Å²) in [5.41, 5.74) is 2.78. The molecule has 1 amide bonds. The fourth-order valence-electron chi connectivity index (χ4n) is 3.14. The van der Waals surface area contributed by atoms with Crippen LogP contribution >= 0.6 is 23.2 Å². The van der Waals surface area contributed by atoms with E-state index >= 15 is 0 Å². The summed E-state index contributed by atoms with van der Waals surface area (Å²) >= 11 is 11.9. The number of aryl methyl sites for hydroxylation is 2. The molecule has 0 spiro atoms. The molecule has 0 aliphatic rings. The van der Waals surface area contributed by atoms with Gasteiger partial charge < -0.3 is 15.0 Å². The van der Waals surface area contributed by atoms with E-state index in [4.69, 9.17) is 23.2 Å². The third-order valence-corrected chi connectivity index (χ3v) is 5.65. The van der Waals surface area contributed by atoms with Crippen molar-refractivity contribution in [3.8, 4) is 17.0 Å². The third-order valence-electron chi connectivity index (χ3n) is 4.91. The van der Waals surface area contributed by atoms with Crippen LogP contribution in [0.25, 0.3) is 11.3 Å². The number of hydrogen-bond donors (Lipinski definition) is 2. The fraction of sp³-hybridized carbons (Fsp3) is 0.217. The van der Waals surface area contributed by atoms with Crippen LogP contribution in [-0.2, 0) is 13.5 Å². The molecule has 2 N–H and O–H groups in total. The van der Waals surface area contributed by atoms with Gasteiger partial charge in [-0.3, -0.25) is 9.59 Å². The van der Waals surface area contributed by atoms with Crippen LogP contribution in [0.1, 0.15) is 27.9 Å². The number of nitrogens with one attached hydrogen (secondary N) is 1. The van der Waals surface area contributed by atoms with Gasteiger partial charge in [0.05, 0.1) is 21.3 Å². The molecule has 5 nitrogen and oxygen atoms in total. The molecule has 30 heavy (non-hydrogen) atoms. The van der Waals surface area contributed by atoms with Crippen LogP contribution in [0.5, 0.6) is 5.75 Å². The summed E-state index contributed by atoms with van der Waals surface area (Å²) in [7, 11) is 1.57. The number of carbonyl (C=O) groups excluding carboxylic acids is 1. The summed E-state index contributed by atoms with van der Waals surface area (Å²) < 4.78 is 1.33. The monoisotopic (exact) mass is 444 g/mol. The van der Waals surface area contributed by atoms with Crippen molar-refractivity contribution in [3.05, 3.63) is 85.6 Å². The van der Waals surface area contributed by atoms with Gasteiger partial charge in [0.2, 0.25) is 0 Å². The zero-order valence-corrected chi connectivity index (χ0v) is 18.2. The van der Waals surface area contributed by atoms with E-state index in [1.165, 1.54) is 10.6 Å². The molecule has 0 radical (unpaired) electrons. The standard InChI is InChI=1S/C23H22Cl2N2O3/c1-14-5-8-16(9-6-14)20-13-17(21(28)23(30)27(20)2)22(29)26-11-3-4-15-7-10-18(24)19(25)12-15/h5-10,12-13,28H,3-4,11H2,1-2H3,(H,26,29). The van der Waals surface area contributed by atoms with Crippen molar-refractivity contribution in [1.82, 2.24) is 9.88 Å². The Balaban J connectivity index is 1.72. The lowest BCUT2D eigenvalue weighted by Crippen LogP contribution is -2.28. The summed E-state index contributed by atoms with van der Waals surface area (Å²) in [6, 6.07) is 14.6. The maximum atomic E-state index is 12.6. The summed E-state index contributed by atoms with van der Waals surface area (Å²) in [4.78, 5) is 25.1. The van der Waals surface area contributed by atoms with Crippen molar-refractivity contribution >= 4 is 29.1 Å². The molecule has 7 heteroatoms. The molecule has 0 atom stereocenters. The highest BCUT2D eigenvalue weighted by Gasteiger charge is 2.18. The Kier molecular flexibility index (Phi) is 6.85. The van der Waals surface area contributed by atoms with Crippen LogP contribution in [0, 0.1) is 6.92 Å². The maximum Gasteiger partial charge on any atom is 0.293 e. The number of amides is 1. The zero-order valence-electron chi connectivity index (χ0n) is 16.7. The molecular formula is C23H22Cl2N2O3. The quantitative estimate of drug-likeness (QED) is 0.539. The predicted octanol–water partition coefficient (Wildman–Crippen LogP) is 4.74. The third kappa shape index (κ3) is 4.86. The van der Waals surface area contributed by atoms with Crippen molar-refractivity contribution < 1.29 is 9.90 Å². The van der Waals surface area contributed by atoms with Gasteiger partial charge in [-0.05, 0) is 49.1 Å². The first-order valence-corrected chi connectivity index (χ1v) is 10.3. The Morgan fingerprint density at radius 2 is 1.77 bits per heavy atom. The summed E-state index contributed by atoms with van der Waals surface area (Å²) in [6.45, 7) is 2.35. The largest absolute Gasteiger partial charge is 0.502 e. The van der Waals surface area contributed by atoms with Crippen LogP contribution < -0.4 is 10.9 Å². The molecule has 0 unspecified atom stereocenters. The molecule has 0 aliphatic heterocycles. The number of aromatic nitrogens is 1. The first-order chi connectivity index (χ1) is 14.3. The second-order valence-corrected chi connectivity index (χ2v) is 7.94. The topological polar surface area (TPSA) is 71.3 Å². The summed E-state index contributed by atoms with van der Waals surface area (Å²) in [5, 5.41) is 14.0. The van der Waals surface area contributed by atoms with Crippen molar-refractivity contribution in [2.45, 2.75) is 19.8 Å². The first-order valence-electron chi connectivity index (χ1n) is 9.50. The molecule has 156 valence electrons. The predicted molar refractivity (Wildman–Crippen MR) is 121 cm³/mol. The first kappa shape index (κ1) is 21.9. The van der Waals surface area contributed by atoms with E-state index in [9.17, 15) is 14.7 Å². The van der Waals surface area contributed by atoms with Crippen LogP contribution in [0.3, 0.4) is 0 Å². The average Bonchev–Trinajstić information content (AvgIpc) is 2.73. The van der Waals surface area contributed by atoms with E-state index in [1.54, 1.807) is 19.2 Å². The molecule has 0 saturated heterocycles. The van der Waals surface area contributed by atoms with Crippen molar-refractivity contribution in [1.29, 1.82) is 0 Å². The minimum Gasteiger partial charge on any atom is -0.502 e. The minimum atomic E-state index is -0.617. The van der Waals surface area contributed by atoms with Gasteiger partial charge >= 0.3 is 0 Å². The molecule has 1 heterocycles. The highest BCUT2D eigenvalue weighted by Crippen LogP contribution is 2.24. The molecule has 3 aromatic rings. The molecule has 0 fully saturated rings. The van der Waals surface area contributed by atoms with Gasteiger partial charge in [0, 0.05) is 13.6 Å². The van der Waals surface area contributed by atoms with Gasteiger partial charge in [0.25, 0.3) is 11.5 Å². The lowest BCUT2D eigenvalue weighted by atomic mass is 10.1. The van der Waals surface area contributed by atoms with E-state index < -0.39 is 17.2 Å². The second-order valence-electron chi connectivity index (χ2n) is 7.13. The Hall–Kier alpha value is -2.76. The number of benzene rings is 2. The number of carbonyl (C=O) groups is 1. The highest BCUT2D eigenvalue weighted by molar-refractivity contribution is 6.42. The van der Waals surface area contributed by atoms with E-state index in [0.29, 0.717) is 35.1 Å². The fourth-order valence-corrected chi connectivity index (χ4v) is 3.47. The zero-order chi connectivity index (χ0) is 21.8. The number of pyridine rings is 1. The van der Waals surface area contributed by atoms with E-state index in [0.717, 1.165) is 16.7 Å². The van der Waals surface area contributed by atoms with E-state index in [1.807, 2.05) is 37.3 Å². The molecule has 0 saturated carbocycles. The van der Waals surface area contributed by atoms with Gasteiger partial charge in [-0.15, -0.1) is 0 Å². The smallest absolute Gasteiger partial charge is 0.293 e. The van der Waals surface area contributed by atoms with Crippen LogP contribution in [0.4, 0.5) is 0 Å². The van der Waals surface area contributed by atoms with Crippen molar-refractivity contribution in [2.75, 3.05) is 6.54 Å². The molecule has 1 aromatic heterocycles. The minimum absolute atomic E-state index is 0.0387. The number of aromatic hydroxyl groups is 1.